The predicted octanol–water partition coefficient (Wildman–Crippen LogP) is 2.84. The molecule has 11 nitrogen and oxygen atoms in total. The van der Waals surface area contributed by atoms with Crippen molar-refractivity contribution in [2.45, 2.75) is 58.3 Å². The number of carbonyl (C=O) groups excluding carboxylic acids is 2. The van der Waals surface area contributed by atoms with Crippen LogP contribution in [0.2, 0.25) is 0 Å². The lowest BCUT2D eigenvalue weighted by Crippen LogP contribution is -2.17. The first-order valence-corrected chi connectivity index (χ1v) is 11.4. The molecule has 0 unspecified atom stereocenters. The second-order valence-electron chi connectivity index (χ2n) is 7.64. The van der Waals surface area contributed by atoms with Gasteiger partial charge in [0.1, 0.15) is 5.75 Å². The lowest BCUT2D eigenvalue weighted by atomic mass is 10.1. The number of benzene rings is 1. The molecule has 0 saturated carbocycles. The first-order valence-electron chi connectivity index (χ1n) is 11.4. The first-order chi connectivity index (χ1) is 16.4. The third-order valence-corrected chi connectivity index (χ3v) is 4.95. The molecular formula is C23H34N6O5. The van der Waals surface area contributed by atoms with Gasteiger partial charge in [0, 0.05) is 19.3 Å². The lowest BCUT2D eigenvalue weighted by Gasteiger charge is -2.14. The van der Waals surface area contributed by atoms with Crippen molar-refractivity contribution in [3.63, 3.8) is 0 Å². The summed E-state index contributed by atoms with van der Waals surface area (Å²) < 4.78 is 11.6. The molecule has 1 heterocycles. The van der Waals surface area contributed by atoms with Crippen molar-refractivity contribution in [1.29, 1.82) is 0 Å². The number of hydrogen-bond acceptors (Lipinski definition) is 9. The molecule has 11 heteroatoms. The van der Waals surface area contributed by atoms with Crippen molar-refractivity contribution in [3.05, 3.63) is 30.0 Å². The summed E-state index contributed by atoms with van der Waals surface area (Å²) in [7, 11) is 0. The molecule has 0 aliphatic carbocycles. The smallest absolute Gasteiger partial charge is 0.243 e. The highest BCUT2D eigenvalue weighted by molar-refractivity contribution is 5.92. The van der Waals surface area contributed by atoms with Crippen LogP contribution in [-0.4, -0.2) is 40.2 Å². The minimum atomic E-state index is -0.393. The Morgan fingerprint density at radius 3 is 2.32 bits per heavy atom. The van der Waals surface area contributed by atoms with E-state index in [0.29, 0.717) is 68.2 Å². The topological polar surface area (TPSA) is 175 Å². The summed E-state index contributed by atoms with van der Waals surface area (Å²) in [4.78, 5) is 31.3. The number of amides is 2. The van der Waals surface area contributed by atoms with E-state index in [1.165, 1.54) is 0 Å². The standard InChI is InChI=1S/C23H34N6O5/c1-2-16-21(22(24)28-23(25)27-16)34-15-9-14-33-18-11-8-7-10-17(18)26-19(30)12-5-3-4-6-13-20(31)29-32/h7-8,10-11,32H,2-6,9,12-15H2,1H3,(H,26,30)(H,29,31)(H4,24,25,27,28). The Morgan fingerprint density at radius 1 is 0.941 bits per heavy atom. The van der Waals surface area contributed by atoms with Crippen LogP contribution in [0.5, 0.6) is 11.5 Å². The molecule has 34 heavy (non-hydrogen) atoms. The number of hydrogen-bond donors (Lipinski definition) is 5. The molecule has 2 aromatic rings. The number of carbonyl (C=O) groups is 2. The van der Waals surface area contributed by atoms with Crippen LogP contribution in [0.4, 0.5) is 17.5 Å². The number of nitrogen functional groups attached to an aromatic ring is 2. The van der Waals surface area contributed by atoms with E-state index in [2.05, 4.69) is 15.3 Å². The Labute approximate surface area is 199 Å². The highest BCUT2D eigenvalue weighted by Gasteiger charge is 2.12. The van der Waals surface area contributed by atoms with Crippen LogP contribution in [0.3, 0.4) is 0 Å². The van der Waals surface area contributed by atoms with Gasteiger partial charge in [-0.15, -0.1) is 0 Å². The fraction of sp³-hybridized carbons (Fsp3) is 0.478. The molecule has 186 valence electrons. The quantitative estimate of drug-likeness (QED) is 0.148. The molecule has 2 rings (SSSR count). The summed E-state index contributed by atoms with van der Waals surface area (Å²) in [5.41, 5.74) is 14.4. The molecule has 1 aromatic carbocycles. The van der Waals surface area contributed by atoms with E-state index in [4.69, 9.17) is 26.1 Å². The summed E-state index contributed by atoms with van der Waals surface area (Å²) in [6.07, 6.45) is 4.89. The molecule has 0 aliphatic heterocycles. The maximum atomic E-state index is 12.3. The van der Waals surface area contributed by atoms with Gasteiger partial charge in [-0.2, -0.15) is 4.98 Å². The van der Waals surface area contributed by atoms with Gasteiger partial charge in [-0.3, -0.25) is 14.8 Å². The van der Waals surface area contributed by atoms with E-state index in [1.807, 2.05) is 19.1 Å². The molecule has 0 atom stereocenters. The van der Waals surface area contributed by atoms with Crippen molar-refractivity contribution < 1.29 is 24.3 Å². The Hall–Kier alpha value is -3.60. The Kier molecular flexibility index (Phi) is 11.4. The van der Waals surface area contributed by atoms with Crippen LogP contribution in [-0.2, 0) is 16.0 Å². The van der Waals surface area contributed by atoms with Crippen LogP contribution in [0.25, 0.3) is 0 Å². The Balaban J connectivity index is 1.72. The molecule has 1 aromatic heterocycles. The second kappa shape index (κ2) is 14.5. The maximum absolute atomic E-state index is 12.3. The lowest BCUT2D eigenvalue weighted by molar-refractivity contribution is -0.129. The first kappa shape index (κ1) is 26.7. The summed E-state index contributed by atoms with van der Waals surface area (Å²) >= 11 is 0. The molecule has 7 N–H and O–H groups in total. The largest absolute Gasteiger partial charge is 0.491 e. The number of rotatable bonds is 15. The minimum absolute atomic E-state index is 0.0987. The van der Waals surface area contributed by atoms with Crippen LogP contribution in [0, 0.1) is 0 Å². The number of aromatic nitrogens is 2. The van der Waals surface area contributed by atoms with Crippen LogP contribution < -0.4 is 31.7 Å². The van der Waals surface area contributed by atoms with E-state index in [-0.39, 0.29) is 24.1 Å². The van der Waals surface area contributed by atoms with Crippen LogP contribution in [0.1, 0.15) is 57.6 Å². The normalized spacial score (nSPS) is 10.5. The van der Waals surface area contributed by atoms with Crippen molar-refractivity contribution in [3.8, 4) is 11.5 Å². The number of nitrogens with one attached hydrogen (secondary N) is 2. The fourth-order valence-electron chi connectivity index (χ4n) is 3.24. The average molecular weight is 475 g/mol. The number of aryl methyl sites for hydroxylation is 1. The van der Waals surface area contributed by atoms with Gasteiger partial charge in [-0.05, 0) is 31.4 Å². The third kappa shape index (κ3) is 9.10. The minimum Gasteiger partial charge on any atom is -0.491 e. The average Bonchev–Trinajstić information content (AvgIpc) is 2.82. The van der Waals surface area contributed by atoms with Gasteiger partial charge in [-0.25, -0.2) is 10.5 Å². The fourth-order valence-corrected chi connectivity index (χ4v) is 3.24. The number of hydroxylamine groups is 1. The molecular weight excluding hydrogens is 440 g/mol. The summed E-state index contributed by atoms with van der Waals surface area (Å²) in [5.74, 6) is 0.870. The molecule has 0 aliphatic rings. The highest BCUT2D eigenvalue weighted by Crippen LogP contribution is 2.26. The van der Waals surface area contributed by atoms with Crippen molar-refractivity contribution >= 4 is 29.3 Å². The summed E-state index contributed by atoms with van der Waals surface area (Å²) in [6, 6.07) is 7.25. The van der Waals surface area contributed by atoms with Gasteiger partial charge in [0.2, 0.25) is 17.8 Å². The number of unbranched alkanes of at least 4 members (excludes halogenated alkanes) is 3. The SMILES string of the molecule is CCc1nc(N)nc(N)c1OCCCOc1ccccc1NC(=O)CCCCCCC(=O)NO. The van der Waals surface area contributed by atoms with E-state index in [1.54, 1.807) is 17.6 Å². The molecule has 0 radical (unpaired) electrons. The Bertz CT molecular complexity index is 940. The zero-order valence-electron chi connectivity index (χ0n) is 19.5. The van der Waals surface area contributed by atoms with Gasteiger partial charge in [0.25, 0.3) is 0 Å². The number of para-hydroxylation sites is 2. The number of nitrogens with zero attached hydrogens (tertiary/aromatic N) is 2. The second-order valence-corrected chi connectivity index (χ2v) is 7.64. The van der Waals surface area contributed by atoms with Gasteiger partial charge >= 0.3 is 0 Å². The van der Waals surface area contributed by atoms with E-state index in [9.17, 15) is 9.59 Å². The molecule has 0 saturated heterocycles. The number of nitrogens with two attached hydrogens (primary N) is 2. The summed E-state index contributed by atoms with van der Waals surface area (Å²) in [6.45, 7) is 2.67. The predicted molar refractivity (Wildman–Crippen MR) is 129 cm³/mol. The van der Waals surface area contributed by atoms with Crippen molar-refractivity contribution in [2.75, 3.05) is 30.0 Å². The van der Waals surface area contributed by atoms with Gasteiger partial charge in [-0.1, -0.05) is 31.9 Å². The maximum Gasteiger partial charge on any atom is 0.243 e. The molecule has 0 fully saturated rings. The van der Waals surface area contributed by atoms with E-state index in [0.717, 1.165) is 12.8 Å². The summed E-state index contributed by atoms with van der Waals surface area (Å²) in [5, 5.41) is 11.3. The van der Waals surface area contributed by atoms with Crippen LogP contribution in [0.15, 0.2) is 24.3 Å². The zero-order valence-corrected chi connectivity index (χ0v) is 19.5. The van der Waals surface area contributed by atoms with E-state index < -0.39 is 5.91 Å². The van der Waals surface area contributed by atoms with Crippen LogP contribution >= 0.6 is 0 Å². The van der Waals surface area contributed by atoms with Crippen molar-refractivity contribution in [2.24, 2.45) is 0 Å². The Morgan fingerprint density at radius 2 is 1.62 bits per heavy atom. The van der Waals surface area contributed by atoms with Gasteiger partial charge < -0.3 is 26.3 Å². The number of anilines is 3. The van der Waals surface area contributed by atoms with E-state index >= 15 is 0 Å². The zero-order chi connectivity index (χ0) is 24.8. The van der Waals surface area contributed by atoms with Crippen molar-refractivity contribution in [1.82, 2.24) is 15.4 Å². The molecule has 2 amide bonds. The number of ether oxygens (including phenoxy) is 2. The molecule has 0 bridgehead atoms. The molecule has 0 spiro atoms. The highest BCUT2D eigenvalue weighted by atomic mass is 16.5. The van der Waals surface area contributed by atoms with Gasteiger partial charge in [0.05, 0.1) is 24.6 Å². The van der Waals surface area contributed by atoms with Gasteiger partial charge in [0.15, 0.2) is 11.6 Å². The third-order valence-electron chi connectivity index (χ3n) is 4.95. The monoisotopic (exact) mass is 474 g/mol.